The SMILES string of the molecule is Cc1ccc(-n2c(SCC(=O)NC3(C#N)CCCCC3)nc3ccccc3c2=O)c(C)c1. The zero-order valence-corrected chi connectivity index (χ0v) is 19.2. The Balaban J connectivity index is 1.68. The van der Waals surface area contributed by atoms with Crippen LogP contribution in [0.2, 0.25) is 0 Å². The first-order valence-corrected chi connectivity index (χ1v) is 11.9. The number of amides is 1. The highest BCUT2D eigenvalue weighted by atomic mass is 32.2. The fourth-order valence-corrected chi connectivity index (χ4v) is 5.14. The molecule has 0 radical (unpaired) electrons. The van der Waals surface area contributed by atoms with Gasteiger partial charge in [0, 0.05) is 0 Å². The molecule has 0 saturated heterocycles. The van der Waals surface area contributed by atoms with E-state index in [2.05, 4.69) is 11.4 Å². The average Bonchev–Trinajstić information content (AvgIpc) is 2.79. The molecule has 2 aromatic carbocycles. The van der Waals surface area contributed by atoms with Crippen LogP contribution >= 0.6 is 11.8 Å². The van der Waals surface area contributed by atoms with Crippen LogP contribution in [0.15, 0.2) is 52.4 Å². The van der Waals surface area contributed by atoms with Gasteiger partial charge in [-0.3, -0.25) is 14.2 Å². The molecule has 1 aliphatic rings. The van der Waals surface area contributed by atoms with Crippen molar-refractivity contribution in [3.05, 3.63) is 63.9 Å². The largest absolute Gasteiger partial charge is 0.337 e. The number of hydrogen-bond acceptors (Lipinski definition) is 5. The van der Waals surface area contributed by atoms with E-state index in [0.717, 1.165) is 36.1 Å². The Kier molecular flexibility index (Phi) is 6.33. The van der Waals surface area contributed by atoms with E-state index in [9.17, 15) is 14.9 Å². The Morgan fingerprint density at radius 3 is 2.66 bits per heavy atom. The number of para-hydroxylation sites is 1. The van der Waals surface area contributed by atoms with Gasteiger partial charge in [-0.15, -0.1) is 0 Å². The molecule has 0 spiro atoms. The molecule has 0 bridgehead atoms. The molecular weight excluding hydrogens is 420 g/mol. The van der Waals surface area contributed by atoms with Crippen molar-refractivity contribution in [2.45, 2.75) is 56.6 Å². The van der Waals surface area contributed by atoms with Crippen molar-refractivity contribution in [2.75, 3.05) is 5.75 Å². The monoisotopic (exact) mass is 446 g/mol. The fraction of sp³-hybridized carbons (Fsp3) is 0.360. The smallest absolute Gasteiger partial charge is 0.266 e. The van der Waals surface area contributed by atoms with E-state index in [1.165, 1.54) is 11.8 Å². The van der Waals surface area contributed by atoms with Gasteiger partial charge in [-0.1, -0.05) is 60.9 Å². The number of thioether (sulfide) groups is 1. The van der Waals surface area contributed by atoms with Crippen LogP contribution in [0.4, 0.5) is 0 Å². The molecule has 6 nitrogen and oxygen atoms in total. The molecule has 1 fully saturated rings. The summed E-state index contributed by atoms with van der Waals surface area (Å²) in [6, 6.07) is 15.5. The predicted molar refractivity (Wildman–Crippen MR) is 127 cm³/mol. The number of nitriles is 1. The molecule has 32 heavy (non-hydrogen) atoms. The second-order valence-corrected chi connectivity index (χ2v) is 9.38. The molecule has 3 aromatic rings. The lowest BCUT2D eigenvalue weighted by molar-refractivity contribution is -0.120. The third-order valence-electron chi connectivity index (χ3n) is 5.97. The van der Waals surface area contributed by atoms with Crippen molar-refractivity contribution in [1.29, 1.82) is 5.26 Å². The Hall–Kier alpha value is -3.11. The van der Waals surface area contributed by atoms with E-state index < -0.39 is 5.54 Å². The van der Waals surface area contributed by atoms with Gasteiger partial charge in [-0.2, -0.15) is 5.26 Å². The van der Waals surface area contributed by atoms with Crippen molar-refractivity contribution in [2.24, 2.45) is 0 Å². The first-order chi connectivity index (χ1) is 15.4. The number of benzene rings is 2. The van der Waals surface area contributed by atoms with Crippen molar-refractivity contribution >= 4 is 28.6 Å². The third kappa shape index (κ3) is 4.42. The molecule has 1 aliphatic carbocycles. The van der Waals surface area contributed by atoms with Crippen LogP contribution in [-0.2, 0) is 4.79 Å². The lowest BCUT2D eigenvalue weighted by atomic mass is 9.83. The van der Waals surface area contributed by atoms with Crippen LogP contribution in [0, 0.1) is 25.2 Å². The molecule has 1 heterocycles. The fourth-order valence-electron chi connectivity index (χ4n) is 4.33. The zero-order chi connectivity index (χ0) is 22.7. The minimum absolute atomic E-state index is 0.0825. The second kappa shape index (κ2) is 9.17. The number of rotatable bonds is 5. The summed E-state index contributed by atoms with van der Waals surface area (Å²) in [7, 11) is 0. The minimum Gasteiger partial charge on any atom is -0.337 e. The lowest BCUT2D eigenvalue weighted by Gasteiger charge is -2.31. The maximum Gasteiger partial charge on any atom is 0.266 e. The molecular formula is C25H26N4O2S. The number of hydrogen-bond donors (Lipinski definition) is 1. The molecule has 1 N–H and O–H groups in total. The number of carbonyl (C=O) groups is 1. The maximum absolute atomic E-state index is 13.4. The van der Waals surface area contributed by atoms with Crippen molar-refractivity contribution in [1.82, 2.24) is 14.9 Å². The quantitative estimate of drug-likeness (QED) is 0.462. The average molecular weight is 447 g/mol. The number of fused-ring (bicyclic) bond motifs is 1. The van der Waals surface area contributed by atoms with Crippen molar-refractivity contribution in [3.8, 4) is 11.8 Å². The summed E-state index contributed by atoms with van der Waals surface area (Å²) in [6.07, 6.45) is 4.35. The van der Waals surface area contributed by atoms with Gasteiger partial charge in [0.1, 0.15) is 5.54 Å². The number of aromatic nitrogens is 2. The minimum atomic E-state index is -0.778. The van der Waals surface area contributed by atoms with E-state index >= 15 is 0 Å². The summed E-state index contributed by atoms with van der Waals surface area (Å²) >= 11 is 1.22. The Morgan fingerprint density at radius 1 is 1.19 bits per heavy atom. The van der Waals surface area contributed by atoms with Gasteiger partial charge in [-0.05, 0) is 50.5 Å². The second-order valence-electron chi connectivity index (χ2n) is 8.43. The van der Waals surface area contributed by atoms with E-state index in [1.54, 1.807) is 16.7 Å². The first kappa shape index (κ1) is 22.1. The molecule has 1 aromatic heterocycles. The van der Waals surface area contributed by atoms with Crippen LogP contribution in [0.3, 0.4) is 0 Å². The number of carbonyl (C=O) groups excluding carboxylic acids is 1. The molecule has 0 atom stereocenters. The number of nitrogens with one attached hydrogen (secondary N) is 1. The summed E-state index contributed by atoms with van der Waals surface area (Å²) < 4.78 is 1.59. The maximum atomic E-state index is 13.4. The first-order valence-electron chi connectivity index (χ1n) is 10.9. The predicted octanol–water partition coefficient (Wildman–Crippen LogP) is 4.44. The summed E-state index contributed by atoms with van der Waals surface area (Å²) in [5.41, 5.74) is 2.48. The Morgan fingerprint density at radius 2 is 1.94 bits per heavy atom. The Bertz CT molecular complexity index is 1270. The molecule has 1 saturated carbocycles. The molecule has 164 valence electrons. The summed E-state index contributed by atoms with van der Waals surface area (Å²) in [4.78, 5) is 30.9. The third-order valence-corrected chi connectivity index (χ3v) is 6.91. The van der Waals surface area contributed by atoms with Gasteiger partial charge < -0.3 is 5.32 Å². The van der Waals surface area contributed by atoms with Crippen LogP contribution in [0.1, 0.15) is 43.2 Å². The zero-order valence-electron chi connectivity index (χ0n) is 18.4. The highest BCUT2D eigenvalue weighted by Crippen LogP contribution is 2.28. The van der Waals surface area contributed by atoms with Gasteiger partial charge >= 0.3 is 0 Å². The van der Waals surface area contributed by atoms with Crippen LogP contribution in [-0.4, -0.2) is 26.8 Å². The van der Waals surface area contributed by atoms with E-state index in [1.807, 2.05) is 44.2 Å². The van der Waals surface area contributed by atoms with Gasteiger partial charge in [0.2, 0.25) is 5.91 Å². The Labute approximate surface area is 191 Å². The highest BCUT2D eigenvalue weighted by Gasteiger charge is 2.33. The molecule has 1 amide bonds. The normalized spacial score (nSPS) is 15.3. The lowest BCUT2D eigenvalue weighted by Crippen LogP contribution is -2.49. The van der Waals surface area contributed by atoms with E-state index in [-0.39, 0.29) is 17.2 Å². The summed E-state index contributed by atoms with van der Waals surface area (Å²) in [5.74, 6) is -0.132. The number of nitrogens with zero attached hydrogens (tertiary/aromatic N) is 3. The van der Waals surface area contributed by atoms with E-state index in [0.29, 0.717) is 28.9 Å². The summed E-state index contributed by atoms with van der Waals surface area (Å²) in [5, 5.41) is 13.6. The van der Waals surface area contributed by atoms with E-state index in [4.69, 9.17) is 4.98 Å². The van der Waals surface area contributed by atoms with Gasteiger partial charge in [-0.25, -0.2) is 4.98 Å². The van der Waals surface area contributed by atoms with Gasteiger partial charge in [0.15, 0.2) is 5.16 Å². The van der Waals surface area contributed by atoms with Crippen molar-refractivity contribution < 1.29 is 4.79 Å². The summed E-state index contributed by atoms with van der Waals surface area (Å²) in [6.45, 7) is 3.97. The van der Waals surface area contributed by atoms with Crippen molar-refractivity contribution in [3.63, 3.8) is 0 Å². The standard InChI is InChI=1S/C25H26N4O2S/c1-17-10-11-21(18(2)14-17)29-23(31)19-8-4-5-9-20(19)27-24(29)32-15-22(30)28-25(16-26)12-6-3-7-13-25/h4-5,8-11,14H,3,6-7,12-13,15H2,1-2H3,(H,28,30). The highest BCUT2D eigenvalue weighted by molar-refractivity contribution is 7.99. The van der Waals surface area contributed by atoms with Crippen LogP contribution < -0.4 is 10.9 Å². The van der Waals surface area contributed by atoms with Gasteiger partial charge in [0.05, 0.1) is 28.4 Å². The number of aryl methyl sites for hydroxylation is 2. The van der Waals surface area contributed by atoms with Gasteiger partial charge in [0.25, 0.3) is 5.56 Å². The topological polar surface area (TPSA) is 87.8 Å². The van der Waals surface area contributed by atoms with Crippen LogP contribution in [0.5, 0.6) is 0 Å². The molecule has 0 unspecified atom stereocenters. The molecule has 4 rings (SSSR count). The molecule has 0 aliphatic heterocycles. The molecule has 7 heteroatoms. The van der Waals surface area contributed by atoms with Crippen LogP contribution in [0.25, 0.3) is 16.6 Å².